The van der Waals surface area contributed by atoms with Gasteiger partial charge in [-0.15, -0.1) is 0 Å². The molecule has 0 aliphatic heterocycles. The van der Waals surface area contributed by atoms with E-state index in [0.717, 1.165) is 17.5 Å². The summed E-state index contributed by atoms with van der Waals surface area (Å²) in [7, 11) is 0. The van der Waals surface area contributed by atoms with Crippen molar-refractivity contribution in [3.63, 3.8) is 0 Å². The molecule has 0 saturated heterocycles. The number of carbonyl (C=O) groups is 1. The van der Waals surface area contributed by atoms with Gasteiger partial charge in [0.05, 0.1) is 0 Å². The SMILES string of the molecule is Cc1cc(C)cc(OCC(=O)NNC(=S)N[C@H]2CCC[C@@H](C)[C@@H]2C)c1. The Kier molecular flexibility index (Phi) is 7.05. The second-order valence-corrected chi connectivity index (χ2v) is 7.54. The number of hydrazine groups is 1. The molecule has 2 rings (SSSR count). The number of rotatable bonds is 4. The van der Waals surface area contributed by atoms with E-state index in [9.17, 15) is 4.79 Å². The molecule has 0 spiro atoms. The summed E-state index contributed by atoms with van der Waals surface area (Å²) in [6, 6.07) is 6.23. The minimum atomic E-state index is -0.270. The van der Waals surface area contributed by atoms with Crippen LogP contribution in [-0.2, 0) is 4.79 Å². The van der Waals surface area contributed by atoms with E-state index in [1.165, 1.54) is 12.8 Å². The molecular weight excluding hydrogens is 334 g/mol. The van der Waals surface area contributed by atoms with Crippen LogP contribution in [0.5, 0.6) is 5.75 Å². The lowest BCUT2D eigenvalue weighted by atomic mass is 9.78. The molecule has 5 nitrogen and oxygen atoms in total. The van der Waals surface area contributed by atoms with Crippen LogP contribution in [0.1, 0.15) is 44.2 Å². The average molecular weight is 364 g/mol. The van der Waals surface area contributed by atoms with Crippen molar-refractivity contribution in [1.82, 2.24) is 16.2 Å². The number of ether oxygens (including phenoxy) is 1. The predicted octanol–water partition coefficient (Wildman–Crippen LogP) is 3.00. The smallest absolute Gasteiger partial charge is 0.276 e. The van der Waals surface area contributed by atoms with Gasteiger partial charge in [0, 0.05) is 6.04 Å². The van der Waals surface area contributed by atoms with Gasteiger partial charge in [0.15, 0.2) is 11.7 Å². The summed E-state index contributed by atoms with van der Waals surface area (Å²) in [5, 5.41) is 3.76. The first kappa shape index (κ1) is 19.5. The van der Waals surface area contributed by atoms with Crippen molar-refractivity contribution >= 4 is 23.2 Å². The Morgan fingerprint density at radius 3 is 2.52 bits per heavy atom. The Labute approximate surface area is 155 Å². The third kappa shape index (κ3) is 6.20. The van der Waals surface area contributed by atoms with Crippen LogP contribution >= 0.6 is 12.2 Å². The zero-order valence-electron chi connectivity index (χ0n) is 15.5. The fraction of sp³-hybridized carbons (Fsp3) is 0.579. The fourth-order valence-electron chi connectivity index (χ4n) is 3.32. The third-order valence-electron chi connectivity index (χ3n) is 4.90. The predicted molar refractivity (Wildman–Crippen MR) is 104 cm³/mol. The van der Waals surface area contributed by atoms with Gasteiger partial charge < -0.3 is 10.1 Å². The average Bonchev–Trinajstić information content (AvgIpc) is 2.54. The first-order valence-electron chi connectivity index (χ1n) is 8.91. The zero-order chi connectivity index (χ0) is 18.4. The first-order chi connectivity index (χ1) is 11.8. The lowest BCUT2D eigenvalue weighted by molar-refractivity contribution is -0.123. The van der Waals surface area contributed by atoms with Crippen LogP contribution in [0, 0.1) is 25.7 Å². The van der Waals surface area contributed by atoms with E-state index in [2.05, 4.69) is 36.1 Å². The molecule has 0 unspecified atom stereocenters. The van der Waals surface area contributed by atoms with Crippen molar-refractivity contribution in [1.29, 1.82) is 0 Å². The van der Waals surface area contributed by atoms with Gasteiger partial charge in [-0.25, -0.2) is 0 Å². The molecule has 1 aromatic rings. The largest absolute Gasteiger partial charge is 0.484 e. The number of amides is 1. The standard InChI is InChI=1S/C19H29N3O2S/c1-12-8-13(2)10-16(9-12)24-11-18(23)21-22-19(25)20-17-7-5-6-14(3)15(17)4/h8-10,14-15,17H,5-7,11H2,1-4H3,(H,21,23)(H2,20,22,25)/t14-,15+,17+/m1/s1. The summed E-state index contributed by atoms with van der Waals surface area (Å²) in [6.45, 7) is 8.47. The number of hydrogen-bond donors (Lipinski definition) is 3. The van der Waals surface area contributed by atoms with Crippen LogP contribution in [0.3, 0.4) is 0 Å². The zero-order valence-corrected chi connectivity index (χ0v) is 16.3. The van der Waals surface area contributed by atoms with Crippen LogP contribution in [0.25, 0.3) is 0 Å². The van der Waals surface area contributed by atoms with Crippen molar-refractivity contribution in [2.45, 2.75) is 53.0 Å². The summed E-state index contributed by atoms with van der Waals surface area (Å²) in [6.07, 6.45) is 3.59. The highest BCUT2D eigenvalue weighted by molar-refractivity contribution is 7.80. The molecule has 0 radical (unpaired) electrons. The number of thiocarbonyl (C=S) groups is 1. The van der Waals surface area contributed by atoms with Crippen LogP contribution in [-0.4, -0.2) is 23.7 Å². The Hall–Kier alpha value is -1.82. The van der Waals surface area contributed by atoms with Crippen molar-refractivity contribution in [3.8, 4) is 5.75 Å². The number of benzene rings is 1. The molecular formula is C19H29N3O2S. The molecule has 1 aliphatic rings. The van der Waals surface area contributed by atoms with E-state index in [0.29, 0.717) is 28.7 Å². The summed E-state index contributed by atoms with van der Waals surface area (Å²) in [4.78, 5) is 11.9. The van der Waals surface area contributed by atoms with E-state index in [1.807, 2.05) is 26.0 Å². The molecule has 3 N–H and O–H groups in total. The Balaban J connectivity index is 1.71. The molecule has 25 heavy (non-hydrogen) atoms. The van der Waals surface area contributed by atoms with Gasteiger partial charge in [0.2, 0.25) is 0 Å². The van der Waals surface area contributed by atoms with Crippen molar-refractivity contribution < 1.29 is 9.53 Å². The van der Waals surface area contributed by atoms with Crippen LogP contribution < -0.4 is 20.9 Å². The van der Waals surface area contributed by atoms with Crippen LogP contribution in [0.2, 0.25) is 0 Å². The minimum absolute atomic E-state index is 0.0601. The van der Waals surface area contributed by atoms with Gasteiger partial charge in [-0.05, 0) is 67.6 Å². The first-order valence-corrected chi connectivity index (χ1v) is 9.32. The van der Waals surface area contributed by atoms with Crippen LogP contribution in [0.15, 0.2) is 18.2 Å². The molecule has 1 aromatic carbocycles. The molecule has 0 heterocycles. The van der Waals surface area contributed by atoms with E-state index < -0.39 is 0 Å². The summed E-state index contributed by atoms with van der Waals surface area (Å²) < 4.78 is 5.53. The maximum Gasteiger partial charge on any atom is 0.276 e. The van der Waals surface area contributed by atoms with Crippen molar-refractivity contribution in [2.24, 2.45) is 11.8 Å². The number of nitrogens with one attached hydrogen (secondary N) is 3. The topological polar surface area (TPSA) is 62.4 Å². The Morgan fingerprint density at radius 1 is 1.16 bits per heavy atom. The molecule has 1 amide bonds. The second-order valence-electron chi connectivity index (χ2n) is 7.13. The molecule has 1 saturated carbocycles. The van der Waals surface area contributed by atoms with E-state index in [4.69, 9.17) is 17.0 Å². The van der Waals surface area contributed by atoms with Gasteiger partial charge >= 0.3 is 0 Å². The molecule has 1 aliphatic carbocycles. The lowest BCUT2D eigenvalue weighted by Gasteiger charge is -2.35. The van der Waals surface area contributed by atoms with E-state index in [-0.39, 0.29) is 12.5 Å². The molecule has 1 fully saturated rings. The lowest BCUT2D eigenvalue weighted by Crippen LogP contribution is -2.53. The molecule has 6 heteroatoms. The van der Waals surface area contributed by atoms with Gasteiger partial charge in [0.1, 0.15) is 5.75 Å². The second kappa shape index (κ2) is 9.04. The minimum Gasteiger partial charge on any atom is -0.484 e. The highest BCUT2D eigenvalue weighted by Gasteiger charge is 2.27. The van der Waals surface area contributed by atoms with E-state index in [1.54, 1.807) is 0 Å². The highest BCUT2D eigenvalue weighted by atomic mass is 32.1. The van der Waals surface area contributed by atoms with Crippen molar-refractivity contribution in [2.75, 3.05) is 6.61 Å². The molecule has 3 atom stereocenters. The van der Waals surface area contributed by atoms with Gasteiger partial charge in [-0.2, -0.15) is 0 Å². The van der Waals surface area contributed by atoms with Crippen LogP contribution in [0.4, 0.5) is 0 Å². The number of aryl methyl sites for hydroxylation is 2. The van der Waals surface area contributed by atoms with Gasteiger partial charge in [-0.3, -0.25) is 15.6 Å². The summed E-state index contributed by atoms with van der Waals surface area (Å²) in [5.74, 6) is 1.68. The Morgan fingerprint density at radius 2 is 1.84 bits per heavy atom. The van der Waals surface area contributed by atoms with Gasteiger partial charge in [0.25, 0.3) is 5.91 Å². The summed E-state index contributed by atoms with van der Waals surface area (Å²) >= 11 is 5.28. The number of hydrogen-bond acceptors (Lipinski definition) is 3. The van der Waals surface area contributed by atoms with E-state index >= 15 is 0 Å². The Bertz CT molecular complexity index is 600. The maximum absolute atomic E-state index is 11.9. The fourth-order valence-corrected chi connectivity index (χ4v) is 3.52. The summed E-state index contributed by atoms with van der Waals surface area (Å²) in [5.41, 5.74) is 7.56. The van der Waals surface area contributed by atoms with Gasteiger partial charge in [-0.1, -0.05) is 32.8 Å². The third-order valence-corrected chi connectivity index (χ3v) is 5.12. The molecule has 0 aromatic heterocycles. The molecule has 0 bridgehead atoms. The number of carbonyl (C=O) groups excluding carboxylic acids is 1. The quantitative estimate of drug-likeness (QED) is 0.567. The van der Waals surface area contributed by atoms with Crippen molar-refractivity contribution in [3.05, 3.63) is 29.3 Å². The molecule has 138 valence electrons. The maximum atomic E-state index is 11.9. The monoisotopic (exact) mass is 363 g/mol. The highest BCUT2D eigenvalue weighted by Crippen LogP contribution is 2.29. The normalized spacial score (nSPS) is 22.8.